The van der Waals surface area contributed by atoms with Crippen LogP contribution in [0.1, 0.15) is 16.7 Å². The molecular weight excluding hydrogens is 262 g/mol. The number of hydrogen-bond donors (Lipinski definition) is 1. The van der Waals surface area contributed by atoms with Gasteiger partial charge < -0.3 is 10.1 Å². The molecule has 3 rings (SSSR count). The van der Waals surface area contributed by atoms with Crippen molar-refractivity contribution in [1.82, 2.24) is 5.32 Å². The summed E-state index contributed by atoms with van der Waals surface area (Å²) in [6.07, 6.45) is 0.746. The highest BCUT2D eigenvalue weighted by molar-refractivity contribution is 5.79. The first kappa shape index (κ1) is 13.7. The molecule has 1 heterocycles. The molecule has 108 valence electrons. The van der Waals surface area contributed by atoms with E-state index in [1.807, 2.05) is 36.4 Å². The van der Waals surface area contributed by atoms with Crippen molar-refractivity contribution in [2.45, 2.75) is 19.9 Å². The second-order valence-corrected chi connectivity index (χ2v) is 5.52. The average Bonchev–Trinajstić information content (AvgIpc) is 2.53. The van der Waals surface area contributed by atoms with Crippen LogP contribution in [0.15, 0.2) is 48.5 Å². The number of carbonyl (C=O) groups excluding carboxylic acids is 1. The Bertz CT molecular complexity index is 634. The molecule has 2 aromatic carbocycles. The predicted octanol–water partition coefficient (Wildman–Crippen LogP) is 2.86. The van der Waals surface area contributed by atoms with E-state index in [-0.39, 0.29) is 11.8 Å². The van der Waals surface area contributed by atoms with E-state index in [1.165, 1.54) is 5.56 Å². The van der Waals surface area contributed by atoms with Crippen molar-refractivity contribution >= 4 is 5.91 Å². The van der Waals surface area contributed by atoms with Crippen molar-refractivity contribution < 1.29 is 9.53 Å². The van der Waals surface area contributed by atoms with Crippen LogP contribution in [0.3, 0.4) is 0 Å². The highest BCUT2D eigenvalue weighted by atomic mass is 16.5. The zero-order valence-electron chi connectivity index (χ0n) is 12.1. The van der Waals surface area contributed by atoms with Gasteiger partial charge in [-0.3, -0.25) is 4.79 Å². The number of rotatable bonds is 3. The third kappa shape index (κ3) is 3.24. The normalized spacial score (nSPS) is 16.7. The van der Waals surface area contributed by atoms with E-state index in [9.17, 15) is 4.79 Å². The van der Waals surface area contributed by atoms with Crippen LogP contribution in [0.25, 0.3) is 0 Å². The molecule has 0 bridgehead atoms. The van der Waals surface area contributed by atoms with Crippen molar-refractivity contribution in [2.24, 2.45) is 5.92 Å². The molecule has 1 aliphatic rings. The summed E-state index contributed by atoms with van der Waals surface area (Å²) < 4.78 is 5.66. The van der Waals surface area contributed by atoms with Gasteiger partial charge in [-0.1, -0.05) is 48.0 Å². The van der Waals surface area contributed by atoms with Gasteiger partial charge in [0.15, 0.2) is 0 Å². The van der Waals surface area contributed by atoms with E-state index in [4.69, 9.17) is 4.74 Å². The van der Waals surface area contributed by atoms with Gasteiger partial charge in [-0.25, -0.2) is 0 Å². The van der Waals surface area contributed by atoms with E-state index in [2.05, 4.69) is 24.4 Å². The number of amides is 1. The Balaban J connectivity index is 1.58. The van der Waals surface area contributed by atoms with Crippen LogP contribution in [0, 0.1) is 12.8 Å². The van der Waals surface area contributed by atoms with Crippen LogP contribution >= 0.6 is 0 Å². The minimum atomic E-state index is -0.106. The van der Waals surface area contributed by atoms with Crippen molar-refractivity contribution in [1.29, 1.82) is 0 Å². The van der Waals surface area contributed by atoms with E-state index in [1.54, 1.807) is 0 Å². The van der Waals surface area contributed by atoms with Crippen LogP contribution in [0.4, 0.5) is 0 Å². The zero-order valence-corrected chi connectivity index (χ0v) is 12.1. The molecule has 0 aliphatic carbocycles. The lowest BCUT2D eigenvalue weighted by atomic mass is 9.96. The minimum absolute atomic E-state index is 0.0603. The monoisotopic (exact) mass is 281 g/mol. The van der Waals surface area contributed by atoms with Crippen molar-refractivity contribution in [3.05, 3.63) is 65.2 Å². The van der Waals surface area contributed by atoms with Crippen LogP contribution in [0.2, 0.25) is 0 Å². The Morgan fingerprint density at radius 1 is 1.19 bits per heavy atom. The first-order chi connectivity index (χ1) is 10.2. The molecule has 1 N–H and O–H groups in total. The van der Waals surface area contributed by atoms with E-state index >= 15 is 0 Å². The third-order valence-corrected chi connectivity index (χ3v) is 3.84. The quantitative estimate of drug-likeness (QED) is 0.939. The van der Waals surface area contributed by atoms with Crippen LogP contribution in [-0.4, -0.2) is 12.5 Å². The Kier molecular flexibility index (Phi) is 3.91. The maximum Gasteiger partial charge on any atom is 0.227 e. The second-order valence-electron chi connectivity index (χ2n) is 5.52. The smallest absolute Gasteiger partial charge is 0.227 e. The fraction of sp³-hybridized carbons (Fsp3) is 0.278. The predicted molar refractivity (Wildman–Crippen MR) is 82.2 cm³/mol. The number of benzene rings is 2. The molecule has 0 saturated heterocycles. The van der Waals surface area contributed by atoms with Gasteiger partial charge in [0.1, 0.15) is 12.4 Å². The molecular formula is C18H19NO2. The maximum absolute atomic E-state index is 12.3. The van der Waals surface area contributed by atoms with Gasteiger partial charge in [-0.2, -0.15) is 0 Å². The summed E-state index contributed by atoms with van der Waals surface area (Å²) in [7, 11) is 0. The summed E-state index contributed by atoms with van der Waals surface area (Å²) in [5, 5.41) is 3.00. The highest BCUT2D eigenvalue weighted by Crippen LogP contribution is 2.26. The molecule has 0 aromatic heterocycles. The molecule has 3 nitrogen and oxygen atoms in total. The van der Waals surface area contributed by atoms with Crippen molar-refractivity contribution in [3.63, 3.8) is 0 Å². The molecule has 0 radical (unpaired) electrons. The standard InChI is InChI=1S/C18H19NO2/c1-13-6-8-14(9-7-13)11-19-18(20)16-10-15-4-2-3-5-17(15)21-12-16/h2-9,16H,10-12H2,1H3,(H,19,20)/t16-/m0/s1. The zero-order chi connectivity index (χ0) is 14.7. The molecule has 1 amide bonds. The number of hydrogen-bond acceptors (Lipinski definition) is 2. The lowest BCUT2D eigenvalue weighted by molar-refractivity contribution is -0.126. The first-order valence-corrected chi connectivity index (χ1v) is 7.26. The minimum Gasteiger partial charge on any atom is -0.492 e. The van der Waals surface area contributed by atoms with E-state index in [0.717, 1.165) is 23.3 Å². The largest absolute Gasteiger partial charge is 0.492 e. The first-order valence-electron chi connectivity index (χ1n) is 7.26. The van der Waals surface area contributed by atoms with Gasteiger partial charge in [0.2, 0.25) is 5.91 Å². The summed E-state index contributed by atoms with van der Waals surface area (Å²) in [6, 6.07) is 16.1. The Morgan fingerprint density at radius 2 is 1.95 bits per heavy atom. The number of nitrogens with one attached hydrogen (secondary N) is 1. The number of para-hydroxylation sites is 1. The van der Waals surface area contributed by atoms with E-state index < -0.39 is 0 Å². The molecule has 3 heteroatoms. The molecule has 21 heavy (non-hydrogen) atoms. The molecule has 1 atom stereocenters. The maximum atomic E-state index is 12.3. The van der Waals surface area contributed by atoms with Crippen molar-refractivity contribution in [2.75, 3.05) is 6.61 Å². The molecule has 0 saturated carbocycles. The van der Waals surface area contributed by atoms with Crippen LogP contribution in [-0.2, 0) is 17.8 Å². The molecule has 0 fully saturated rings. The lowest BCUT2D eigenvalue weighted by Gasteiger charge is -2.24. The second kappa shape index (κ2) is 6.00. The molecule has 2 aromatic rings. The van der Waals surface area contributed by atoms with Crippen LogP contribution in [0.5, 0.6) is 5.75 Å². The van der Waals surface area contributed by atoms with Gasteiger partial charge in [-0.05, 0) is 30.5 Å². The average molecular weight is 281 g/mol. The number of aryl methyl sites for hydroxylation is 1. The Labute approximate surface area is 124 Å². The fourth-order valence-corrected chi connectivity index (χ4v) is 2.54. The number of ether oxygens (including phenoxy) is 1. The Hall–Kier alpha value is -2.29. The van der Waals surface area contributed by atoms with Gasteiger partial charge in [-0.15, -0.1) is 0 Å². The lowest BCUT2D eigenvalue weighted by Crippen LogP contribution is -2.37. The summed E-state index contributed by atoms with van der Waals surface area (Å²) in [6.45, 7) is 3.08. The summed E-state index contributed by atoms with van der Waals surface area (Å²) in [5.74, 6) is 0.857. The SMILES string of the molecule is Cc1ccc(CNC(=O)[C@@H]2COc3ccccc3C2)cc1. The summed E-state index contributed by atoms with van der Waals surface area (Å²) in [4.78, 5) is 12.3. The number of carbonyl (C=O) groups is 1. The van der Waals surface area contributed by atoms with Gasteiger partial charge >= 0.3 is 0 Å². The van der Waals surface area contributed by atoms with Crippen molar-refractivity contribution in [3.8, 4) is 5.75 Å². The van der Waals surface area contributed by atoms with Gasteiger partial charge in [0.25, 0.3) is 0 Å². The molecule has 0 unspecified atom stereocenters. The molecule has 0 spiro atoms. The van der Waals surface area contributed by atoms with Crippen LogP contribution < -0.4 is 10.1 Å². The van der Waals surface area contributed by atoms with Gasteiger partial charge in [0.05, 0.1) is 5.92 Å². The number of fused-ring (bicyclic) bond motifs is 1. The summed E-state index contributed by atoms with van der Waals surface area (Å²) in [5.41, 5.74) is 3.45. The third-order valence-electron chi connectivity index (χ3n) is 3.84. The Morgan fingerprint density at radius 3 is 2.76 bits per heavy atom. The highest BCUT2D eigenvalue weighted by Gasteiger charge is 2.25. The summed E-state index contributed by atoms with van der Waals surface area (Å²) >= 11 is 0. The molecule has 1 aliphatic heterocycles. The van der Waals surface area contributed by atoms with Gasteiger partial charge in [0, 0.05) is 6.54 Å². The van der Waals surface area contributed by atoms with E-state index in [0.29, 0.717) is 13.2 Å². The topological polar surface area (TPSA) is 38.3 Å². The fourth-order valence-electron chi connectivity index (χ4n) is 2.54.